The third kappa shape index (κ3) is 6.09. The van der Waals surface area contributed by atoms with Crippen molar-refractivity contribution in [2.24, 2.45) is 11.8 Å². The number of ketones is 1. The Balaban J connectivity index is 1.91. The van der Waals surface area contributed by atoms with E-state index in [1.54, 1.807) is 6.07 Å². The van der Waals surface area contributed by atoms with E-state index in [9.17, 15) is 18.3 Å². The van der Waals surface area contributed by atoms with Crippen LogP contribution in [-0.2, 0) is 21.9 Å². The summed E-state index contributed by atoms with van der Waals surface area (Å²) in [5, 5.41) is 19.8. The van der Waals surface area contributed by atoms with Crippen LogP contribution in [0.15, 0.2) is 42.5 Å². The zero-order chi connectivity index (χ0) is 26.8. The topological polar surface area (TPSA) is 102 Å². The summed E-state index contributed by atoms with van der Waals surface area (Å²) in [6.07, 6.45) is 3.83. The molecule has 3 rings (SSSR count). The zero-order valence-corrected chi connectivity index (χ0v) is 23.0. The molecule has 1 aliphatic rings. The molecule has 2 aromatic rings. The van der Waals surface area contributed by atoms with Crippen LogP contribution >= 0.6 is 0 Å². The minimum Gasteiger partial charge on any atom is -0.505 e. The Kier molecular flexibility index (Phi) is 8.18. The summed E-state index contributed by atoms with van der Waals surface area (Å²) in [4.78, 5) is 15.4. The van der Waals surface area contributed by atoms with Crippen LogP contribution in [-0.4, -0.2) is 56.4 Å². The molecule has 0 amide bonds. The molecule has 2 N–H and O–H groups in total. The summed E-state index contributed by atoms with van der Waals surface area (Å²) in [6.45, 7) is 8.54. The Morgan fingerprint density at radius 2 is 1.83 bits per heavy atom. The van der Waals surface area contributed by atoms with Crippen LogP contribution in [0.3, 0.4) is 0 Å². The molecule has 1 heterocycles. The normalized spacial score (nSPS) is 18.5. The summed E-state index contributed by atoms with van der Waals surface area (Å²) in [5.41, 5.74) is 1.58. The van der Waals surface area contributed by atoms with Crippen molar-refractivity contribution in [3.05, 3.63) is 59.2 Å². The number of anilines is 1. The first-order chi connectivity index (χ1) is 16.7. The molecule has 196 valence electrons. The number of hydrogen-bond acceptors (Lipinski definition) is 5. The number of carbonyl (C=O) groups is 1. The predicted molar refractivity (Wildman–Crippen MR) is 146 cm³/mol. The van der Waals surface area contributed by atoms with Crippen molar-refractivity contribution in [3.63, 3.8) is 0 Å². The van der Waals surface area contributed by atoms with Crippen molar-refractivity contribution in [2.75, 3.05) is 30.7 Å². The number of phenolic OH excluding ortho intramolecular Hbond substituents is 1. The van der Waals surface area contributed by atoms with E-state index in [4.69, 9.17) is 5.41 Å². The molecule has 1 saturated heterocycles. The number of hydrogen-bond donors (Lipinski definition) is 2. The van der Waals surface area contributed by atoms with Crippen LogP contribution in [0.25, 0.3) is 0 Å². The van der Waals surface area contributed by atoms with Crippen LogP contribution in [0.4, 0.5) is 5.69 Å². The van der Waals surface area contributed by atoms with Gasteiger partial charge in [0, 0.05) is 30.6 Å². The SMILES string of the molecule is CCCC1CN(CC(=O)c2cc(N(C)S(C)(=O)=O)c(O)c(C(C)(C)C)c2)C(=N)C1Cc1ccccc1. The van der Waals surface area contributed by atoms with Gasteiger partial charge in [-0.2, -0.15) is 0 Å². The zero-order valence-electron chi connectivity index (χ0n) is 22.2. The quantitative estimate of drug-likeness (QED) is 0.468. The maximum Gasteiger partial charge on any atom is 0.232 e. The maximum atomic E-state index is 13.5. The van der Waals surface area contributed by atoms with Crippen LogP contribution < -0.4 is 4.31 Å². The van der Waals surface area contributed by atoms with Gasteiger partial charge in [-0.25, -0.2) is 8.42 Å². The number of sulfonamides is 1. The Hall–Kier alpha value is -2.87. The second-order valence-corrected chi connectivity index (χ2v) is 12.9. The van der Waals surface area contributed by atoms with Gasteiger partial charge in [-0.05, 0) is 41.9 Å². The predicted octanol–water partition coefficient (Wildman–Crippen LogP) is 4.84. The molecule has 2 atom stereocenters. The van der Waals surface area contributed by atoms with E-state index < -0.39 is 15.4 Å². The number of Topliss-reactive ketones (excluding diaryl/α,β-unsaturated/α-hetero) is 1. The van der Waals surface area contributed by atoms with E-state index in [2.05, 4.69) is 19.1 Å². The van der Waals surface area contributed by atoms with Gasteiger partial charge in [0.05, 0.1) is 18.5 Å². The molecular formula is C28H39N3O4S. The van der Waals surface area contributed by atoms with E-state index in [0.29, 0.717) is 29.4 Å². The largest absolute Gasteiger partial charge is 0.505 e. The van der Waals surface area contributed by atoms with E-state index in [0.717, 1.165) is 29.8 Å². The molecule has 0 aromatic heterocycles. The third-order valence-electron chi connectivity index (χ3n) is 7.06. The highest BCUT2D eigenvalue weighted by Gasteiger charge is 2.38. The van der Waals surface area contributed by atoms with E-state index in [1.807, 2.05) is 43.9 Å². The fraction of sp³-hybridized carbons (Fsp3) is 0.500. The van der Waals surface area contributed by atoms with Gasteiger partial charge in [0.1, 0.15) is 11.6 Å². The molecule has 2 aromatic carbocycles. The molecular weight excluding hydrogens is 474 g/mol. The summed E-state index contributed by atoms with van der Waals surface area (Å²) >= 11 is 0. The molecule has 0 radical (unpaired) electrons. The van der Waals surface area contributed by atoms with Gasteiger partial charge in [0.15, 0.2) is 5.78 Å². The number of benzene rings is 2. The third-order valence-corrected chi connectivity index (χ3v) is 8.26. The molecule has 7 nitrogen and oxygen atoms in total. The van der Waals surface area contributed by atoms with E-state index in [1.165, 1.54) is 18.7 Å². The summed E-state index contributed by atoms with van der Waals surface area (Å²) in [5.74, 6) is 0.481. The van der Waals surface area contributed by atoms with Crippen molar-refractivity contribution in [1.29, 1.82) is 5.41 Å². The van der Waals surface area contributed by atoms with Crippen LogP contribution in [0.5, 0.6) is 5.75 Å². The maximum absolute atomic E-state index is 13.5. The number of phenols is 1. The Morgan fingerprint density at radius 1 is 1.19 bits per heavy atom. The number of amidine groups is 1. The van der Waals surface area contributed by atoms with Crippen molar-refractivity contribution < 1.29 is 18.3 Å². The lowest BCUT2D eigenvalue weighted by molar-refractivity contribution is 0.0963. The average molecular weight is 514 g/mol. The number of rotatable bonds is 9. The number of aromatic hydroxyl groups is 1. The van der Waals surface area contributed by atoms with Crippen molar-refractivity contribution in [1.82, 2.24) is 4.90 Å². The minimum absolute atomic E-state index is 0.0424. The lowest BCUT2D eigenvalue weighted by Gasteiger charge is -2.27. The van der Waals surface area contributed by atoms with Gasteiger partial charge in [-0.15, -0.1) is 0 Å². The Bertz CT molecular complexity index is 1220. The molecule has 1 aliphatic heterocycles. The molecule has 8 heteroatoms. The second-order valence-electron chi connectivity index (χ2n) is 10.9. The molecule has 0 saturated carbocycles. The smallest absolute Gasteiger partial charge is 0.232 e. The van der Waals surface area contributed by atoms with Gasteiger partial charge in [-0.3, -0.25) is 14.5 Å². The summed E-state index contributed by atoms with van der Waals surface area (Å²) in [7, 11) is -2.28. The first-order valence-electron chi connectivity index (χ1n) is 12.5. The van der Waals surface area contributed by atoms with Crippen LogP contribution in [0.1, 0.15) is 62.0 Å². The highest BCUT2D eigenvalue weighted by Crippen LogP contribution is 2.40. The summed E-state index contributed by atoms with van der Waals surface area (Å²) < 4.78 is 25.4. The van der Waals surface area contributed by atoms with Gasteiger partial charge in [-0.1, -0.05) is 64.4 Å². The summed E-state index contributed by atoms with van der Waals surface area (Å²) in [6, 6.07) is 13.2. The lowest BCUT2D eigenvalue weighted by atomic mass is 9.84. The van der Waals surface area contributed by atoms with Crippen LogP contribution in [0, 0.1) is 17.2 Å². The van der Waals surface area contributed by atoms with Gasteiger partial charge >= 0.3 is 0 Å². The van der Waals surface area contributed by atoms with Gasteiger partial charge in [0.25, 0.3) is 0 Å². The molecule has 0 aliphatic carbocycles. The van der Waals surface area contributed by atoms with Gasteiger partial charge < -0.3 is 10.0 Å². The fourth-order valence-corrected chi connectivity index (χ4v) is 5.44. The van der Waals surface area contributed by atoms with Gasteiger partial charge in [0.2, 0.25) is 10.0 Å². The monoisotopic (exact) mass is 513 g/mol. The number of likely N-dealkylation sites (tertiary alicyclic amines) is 1. The van der Waals surface area contributed by atoms with Crippen LogP contribution in [0.2, 0.25) is 0 Å². The van der Waals surface area contributed by atoms with Crippen molar-refractivity contribution in [2.45, 2.75) is 52.4 Å². The molecule has 0 spiro atoms. The highest BCUT2D eigenvalue weighted by molar-refractivity contribution is 7.92. The number of nitrogens with one attached hydrogen (secondary N) is 1. The molecule has 1 fully saturated rings. The fourth-order valence-electron chi connectivity index (χ4n) is 4.95. The molecule has 36 heavy (non-hydrogen) atoms. The molecule has 0 bridgehead atoms. The number of carbonyl (C=O) groups excluding carboxylic acids is 1. The van der Waals surface area contributed by atoms with Crippen molar-refractivity contribution in [3.8, 4) is 5.75 Å². The minimum atomic E-state index is -3.65. The highest BCUT2D eigenvalue weighted by atomic mass is 32.2. The second kappa shape index (κ2) is 10.6. The molecule has 2 unspecified atom stereocenters. The Labute approximate surface area is 215 Å². The standard InChI is InChI=1S/C28H39N3O4S/c1-7-11-20-17-31(27(29)22(20)14-19-12-9-8-10-13-19)18-25(32)21-15-23(28(2,3)4)26(33)24(16-21)30(5)36(6,34)35/h8-10,12-13,15-16,20,22,29,33H,7,11,14,17-18H2,1-6H3. The van der Waals surface area contributed by atoms with E-state index >= 15 is 0 Å². The number of nitrogens with zero attached hydrogens (tertiary/aromatic N) is 2. The first-order valence-corrected chi connectivity index (χ1v) is 14.3. The Morgan fingerprint density at radius 3 is 2.39 bits per heavy atom. The lowest BCUT2D eigenvalue weighted by Crippen LogP contribution is -2.33. The van der Waals surface area contributed by atoms with E-state index in [-0.39, 0.29) is 29.7 Å². The van der Waals surface area contributed by atoms with Crippen molar-refractivity contribution >= 4 is 27.3 Å². The first kappa shape index (κ1) is 27.7. The average Bonchev–Trinajstić information content (AvgIpc) is 3.07.